The van der Waals surface area contributed by atoms with Crippen molar-refractivity contribution in [3.63, 3.8) is 0 Å². The van der Waals surface area contributed by atoms with Gasteiger partial charge in [-0.2, -0.15) is 0 Å². The minimum absolute atomic E-state index is 0.0984. The summed E-state index contributed by atoms with van der Waals surface area (Å²) in [6.45, 7) is 11.0. The predicted octanol–water partition coefficient (Wildman–Crippen LogP) is 4.12. The Morgan fingerprint density at radius 1 is 0.828 bits per heavy atom. The van der Waals surface area contributed by atoms with E-state index in [-0.39, 0.29) is 18.7 Å². The van der Waals surface area contributed by atoms with Crippen molar-refractivity contribution in [3.05, 3.63) is 34.9 Å². The van der Waals surface area contributed by atoms with Crippen LogP contribution < -0.4 is 0 Å². The topological polar surface area (TPSA) is 96.4 Å². The maximum absolute atomic E-state index is 12.3. The lowest BCUT2D eigenvalue weighted by Gasteiger charge is -2.27. The number of aromatic carboxylic acids is 1. The lowest BCUT2D eigenvalue weighted by molar-refractivity contribution is 0.0264. The van der Waals surface area contributed by atoms with Gasteiger partial charge >= 0.3 is 18.2 Å². The molecule has 0 aromatic heterocycles. The molecule has 0 heterocycles. The zero-order valence-corrected chi connectivity index (χ0v) is 18.5. The van der Waals surface area contributed by atoms with Crippen LogP contribution in [0.15, 0.2) is 18.2 Å². The fourth-order valence-electron chi connectivity index (χ4n) is 2.38. The second-order valence-corrected chi connectivity index (χ2v) is 8.96. The molecule has 1 N–H and O–H groups in total. The third-order valence-electron chi connectivity index (χ3n) is 3.68. The summed E-state index contributed by atoms with van der Waals surface area (Å²) in [5, 5.41) is 9.30. The Hall–Kier alpha value is -2.77. The zero-order valence-electron chi connectivity index (χ0n) is 18.5. The smallest absolute Gasteiger partial charge is 0.410 e. The summed E-state index contributed by atoms with van der Waals surface area (Å²) in [6, 6.07) is 4.61. The van der Waals surface area contributed by atoms with Crippen LogP contribution in [0.1, 0.15) is 63.0 Å². The molecule has 0 radical (unpaired) electrons. The molecule has 162 valence electrons. The summed E-state index contributed by atoms with van der Waals surface area (Å²) in [5.74, 6) is -1.07. The number of amides is 2. The third kappa shape index (κ3) is 8.41. The van der Waals surface area contributed by atoms with Gasteiger partial charge in [-0.15, -0.1) is 0 Å². The first-order valence-corrected chi connectivity index (χ1v) is 9.32. The van der Waals surface area contributed by atoms with Gasteiger partial charge in [0.25, 0.3) is 0 Å². The standard InChI is InChI=1S/C21H32N2O6/c1-20(2,3)28-18(26)22(7)12-15-10-9-14(17(24)25)11-16(15)13-23(8)19(27)29-21(4,5)6/h9-11H,12-13H2,1-8H3,(H,24,25). The van der Waals surface area contributed by atoms with E-state index in [2.05, 4.69) is 0 Å². The number of ether oxygens (including phenoxy) is 2. The summed E-state index contributed by atoms with van der Waals surface area (Å²) >= 11 is 0. The highest BCUT2D eigenvalue weighted by molar-refractivity contribution is 5.88. The first-order valence-electron chi connectivity index (χ1n) is 9.32. The van der Waals surface area contributed by atoms with Crippen molar-refractivity contribution >= 4 is 18.2 Å². The van der Waals surface area contributed by atoms with Crippen LogP contribution in [0.2, 0.25) is 0 Å². The van der Waals surface area contributed by atoms with Gasteiger partial charge in [0.1, 0.15) is 11.2 Å². The first-order chi connectivity index (χ1) is 13.1. The Bertz CT molecular complexity index is 761. The predicted molar refractivity (Wildman–Crippen MR) is 109 cm³/mol. The molecule has 0 saturated heterocycles. The van der Waals surface area contributed by atoms with Gasteiger partial charge in [0.15, 0.2) is 0 Å². The minimum atomic E-state index is -1.07. The fraction of sp³-hybridized carbons (Fsp3) is 0.571. The SMILES string of the molecule is CN(Cc1ccc(C(=O)O)cc1CN(C)C(=O)OC(C)(C)C)C(=O)OC(C)(C)C. The number of carbonyl (C=O) groups excluding carboxylic acids is 2. The van der Waals surface area contributed by atoms with E-state index >= 15 is 0 Å². The van der Waals surface area contributed by atoms with Crippen LogP contribution in [0.4, 0.5) is 9.59 Å². The maximum Gasteiger partial charge on any atom is 0.410 e. The van der Waals surface area contributed by atoms with Gasteiger partial charge in [-0.05, 0) is 64.8 Å². The monoisotopic (exact) mass is 408 g/mol. The molecule has 0 fully saturated rings. The van der Waals surface area contributed by atoms with Crippen molar-refractivity contribution in [3.8, 4) is 0 Å². The van der Waals surface area contributed by atoms with Gasteiger partial charge in [-0.1, -0.05) is 6.07 Å². The Morgan fingerprint density at radius 2 is 1.24 bits per heavy atom. The number of benzene rings is 1. The van der Waals surface area contributed by atoms with E-state index in [9.17, 15) is 19.5 Å². The molecule has 0 atom stereocenters. The highest BCUT2D eigenvalue weighted by Gasteiger charge is 2.23. The van der Waals surface area contributed by atoms with Gasteiger partial charge in [0, 0.05) is 27.2 Å². The van der Waals surface area contributed by atoms with Gasteiger partial charge in [-0.25, -0.2) is 14.4 Å². The molecule has 0 aliphatic heterocycles. The maximum atomic E-state index is 12.3. The van der Waals surface area contributed by atoms with Gasteiger partial charge in [0.05, 0.1) is 5.56 Å². The van der Waals surface area contributed by atoms with E-state index in [1.54, 1.807) is 61.7 Å². The van der Waals surface area contributed by atoms with Crippen LogP contribution in [0.25, 0.3) is 0 Å². The number of rotatable bonds is 5. The van der Waals surface area contributed by atoms with Crippen LogP contribution in [-0.4, -0.2) is 58.4 Å². The van der Waals surface area contributed by atoms with E-state index in [0.717, 1.165) is 0 Å². The average molecular weight is 408 g/mol. The van der Waals surface area contributed by atoms with Crippen molar-refractivity contribution in [1.29, 1.82) is 0 Å². The first kappa shape index (κ1) is 24.3. The summed E-state index contributed by atoms with van der Waals surface area (Å²) in [6.07, 6.45) is -1.02. The minimum Gasteiger partial charge on any atom is -0.478 e. The zero-order chi connectivity index (χ0) is 22.6. The average Bonchev–Trinajstić information content (AvgIpc) is 2.52. The molecule has 0 aliphatic carbocycles. The van der Waals surface area contributed by atoms with E-state index < -0.39 is 29.4 Å². The van der Waals surface area contributed by atoms with Crippen molar-refractivity contribution in [1.82, 2.24) is 9.80 Å². The highest BCUT2D eigenvalue weighted by Crippen LogP contribution is 2.19. The Labute approximate surface area is 172 Å². The Morgan fingerprint density at radius 3 is 1.62 bits per heavy atom. The summed E-state index contributed by atoms with van der Waals surface area (Å²) in [5.41, 5.74) is 0.139. The molecular formula is C21H32N2O6. The van der Waals surface area contributed by atoms with E-state index in [4.69, 9.17) is 9.47 Å². The second-order valence-electron chi connectivity index (χ2n) is 8.96. The molecule has 8 nitrogen and oxygen atoms in total. The summed E-state index contributed by atoms with van der Waals surface area (Å²) in [4.78, 5) is 38.7. The number of carboxylic acids is 1. The Balaban J connectivity index is 3.08. The molecule has 0 unspecified atom stereocenters. The van der Waals surface area contributed by atoms with Gasteiger partial charge in [-0.3, -0.25) is 0 Å². The van der Waals surface area contributed by atoms with E-state index in [0.29, 0.717) is 11.1 Å². The van der Waals surface area contributed by atoms with Gasteiger partial charge in [0.2, 0.25) is 0 Å². The molecule has 0 spiro atoms. The van der Waals surface area contributed by atoms with Crippen LogP contribution in [0.3, 0.4) is 0 Å². The van der Waals surface area contributed by atoms with Crippen molar-refractivity contribution in [2.75, 3.05) is 14.1 Å². The largest absolute Gasteiger partial charge is 0.478 e. The van der Waals surface area contributed by atoms with Crippen LogP contribution >= 0.6 is 0 Å². The lowest BCUT2D eigenvalue weighted by atomic mass is 10.0. The van der Waals surface area contributed by atoms with Crippen LogP contribution in [-0.2, 0) is 22.6 Å². The molecule has 1 aromatic rings. The van der Waals surface area contributed by atoms with Crippen LogP contribution in [0, 0.1) is 0 Å². The molecular weight excluding hydrogens is 376 g/mol. The number of hydrogen-bond acceptors (Lipinski definition) is 5. The van der Waals surface area contributed by atoms with E-state index in [1.807, 2.05) is 0 Å². The molecule has 1 rings (SSSR count). The highest BCUT2D eigenvalue weighted by atomic mass is 16.6. The van der Waals surface area contributed by atoms with Crippen molar-refractivity contribution in [2.24, 2.45) is 0 Å². The number of carbonyl (C=O) groups is 3. The van der Waals surface area contributed by atoms with Gasteiger partial charge < -0.3 is 24.4 Å². The number of nitrogens with zero attached hydrogens (tertiary/aromatic N) is 2. The molecule has 0 bridgehead atoms. The fourth-order valence-corrected chi connectivity index (χ4v) is 2.38. The van der Waals surface area contributed by atoms with Crippen molar-refractivity contribution < 1.29 is 29.0 Å². The number of carboxylic acid groups (broad SMARTS) is 1. The molecule has 1 aromatic carbocycles. The molecule has 29 heavy (non-hydrogen) atoms. The number of hydrogen-bond donors (Lipinski definition) is 1. The van der Waals surface area contributed by atoms with E-state index in [1.165, 1.54) is 21.9 Å². The summed E-state index contributed by atoms with van der Waals surface area (Å²) < 4.78 is 10.7. The normalized spacial score (nSPS) is 11.6. The Kier molecular flexibility index (Phi) is 7.66. The quantitative estimate of drug-likeness (QED) is 0.787. The third-order valence-corrected chi connectivity index (χ3v) is 3.68. The second kappa shape index (κ2) is 9.15. The molecule has 2 amide bonds. The van der Waals surface area contributed by atoms with Crippen LogP contribution in [0.5, 0.6) is 0 Å². The molecule has 8 heteroatoms. The summed E-state index contributed by atoms with van der Waals surface area (Å²) in [7, 11) is 3.17. The molecule has 0 saturated carbocycles. The van der Waals surface area contributed by atoms with Crippen molar-refractivity contribution in [2.45, 2.75) is 65.8 Å². The lowest BCUT2D eigenvalue weighted by Crippen LogP contribution is -2.35. The molecule has 0 aliphatic rings.